The van der Waals surface area contributed by atoms with Crippen molar-refractivity contribution >= 4 is 0 Å². The molecule has 0 saturated heterocycles. The lowest BCUT2D eigenvalue weighted by molar-refractivity contribution is 0.0281. The number of hydrogen-bond acceptors (Lipinski definition) is 3. The van der Waals surface area contributed by atoms with Gasteiger partial charge in [0.2, 0.25) is 0 Å². The minimum Gasteiger partial charge on any atom is -0.313 e. The molecule has 0 aliphatic heterocycles. The predicted molar refractivity (Wildman–Crippen MR) is 70.9 cm³/mol. The van der Waals surface area contributed by atoms with Gasteiger partial charge in [0.1, 0.15) is 0 Å². The Kier molecular flexibility index (Phi) is 5.22. The van der Waals surface area contributed by atoms with Crippen molar-refractivity contribution in [2.45, 2.75) is 44.7 Å². The van der Waals surface area contributed by atoms with Gasteiger partial charge in [-0.15, -0.1) is 0 Å². The Morgan fingerprint density at radius 1 is 1.19 bits per heavy atom. The first kappa shape index (κ1) is 13.9. The SMILES string of the molecule is CC(C)NCCN(C)CC1(N(C)C)CCC1. The van der Waals surface area contributed by atoms with Crippen LogP contribution in [0.15, 0.2) is 0 Å². The molecule has 1 N–H and O–H groups in total. The van der Waals surface area contributed by atoms with Gasteiger partial charge in [-0.2, -0.15) is 0 Å². The maximum Gasteiger partial charge on any atom is 0.0330 e. The fourth-order valence-corrected chi connectivity index (χ4v) is 2.46. The number of likely N-dealkylation sites (N-methyl/N-ethyl adjacent to an activating group) is 2. The first-order valence-corrected chi connectivity index (χ1v) is 6.56. The van der Waals surface area contributed by atoms with Crippen LogP contribution in [-0.2, 0) is 0 Å². The van der Waals surface area contributed by atoms with Gasteiger partial charge in [0, 0.05) is 31.2 Å². The highest BCUT2D eigenvalue weighted by atomic mass is 15.2. The van der Waals surface area contributed by atoms with Crippen LogP contribution >= 0.6 is 0 Å². The highest BCUT2D eigenvalue weighted by molar-refractivity contribution is 4.97. The van der Waals surface area contributed by atoms with Crippen LogP contribution in [0.1, 0.15) is 33.1 Å². The van der Waals surface area contributed by atoms with E-state index in [4.69, 9.17) is 0 Å². The van der Waals surface area contributed by atoms with Gasteiger partial charge in [-0.05, 0) is 40.4 Å². The monoisotopic (exact) mass is 227 g/mol. The predicted octanol–water partition coefficient (Wildman–Crippen LogP) is 1.40. The van der Waals surface area contributed by atoms with Gasteiger partial charge >= 0.3 is 0 Å². The Hall–Kier alpha value is -0.120. The second-order valence-electron chi connectivity index (χ2n) is 5.82. The number of nitrogens with zero attached hydrogens (tertiary/aromatic N) is 2. The molecule has 1 saturated carbocycles. The standard InChI is InChI=1S/C13H29N3/c1-12(2)14-9-10-16(5)11-13(15(3)4)7-6-8-13/h12,14H,6-11H2,1-5H3. The van der Waals surface area contributed by atoms with Gasteiger partial charge in [-0.25, -0.2) is 0 Å². The Morgan fingerprint density at radius 2 is 1.81 bits per heavy atom. The smallest absolute Gasteiger partial charge is 0.0330 e. The van der Waals surface area contributed by atoms with Crippen molar-refractivity contribution in [3.8, 4) is 0 Å². The van der Waals surface area contributed by atoms with E-state index in [-0.39, 0.29) is 0 Å². The third kappa shape index (κ3) is 3.72. The molecule has 0 unspecified atom stereocenters. The summed E-state index contributed by atoms with van der Waals surface area (Å²) in [5.74, 6) is 0. The zero-order chi connectivity index (χ0) is 12.2. The third-order valence-electron chi connectivity index (χ3n) is 3.84. The molecule has 16 heavy (non-hydrogen) atoms. The molecule has 0 heterocycles. The van der Waals surface area contributed by atoms with E-state index in [1.165, 1.54) is 25.8 Å². The molecule has 1 aliphatic carbocycles. The van der Waals surface area contributed by atoms with Crippen molar-refractivity contribution in [1.29, 1.82) is 0 Å². The van der Waals surface area contributed by atoms with Gasteiger partial charge in [0.15, 0.2) is 0 Å². The van der Waals surface area contributed by atoms with Crippen LogP contribution in [0.3, 0.4) is 0 Å². The normalized spacial score (nSPS) is 19.5. The summed E-state index contributed by atoms with van der Waals surface area (Å²) in [4.78, 5) is 4.89. The lowest BCUT2D eigenvalue weighted by Gasteiger charge is -2.49. The van der Waals surface area contributed by atoms with Crippen LogP contribution < -0.4 is 5.32 Å². The molecule has 0 spiro atoms. The molecule has 1 aliphatic rings. The maximum absolute atomic E-state index is 3.47. The van der Waals surface area contributed by atoms with Gasteiger partial charge in [-0.3, -0.25) is 0 Å². The Labute approximate surface area is 101 Å². The largest absolute Gasteiger partial charge is 0.313 e. The summed E-state index contributed by atoms with van der Waals surface area (Å²) in [6, 6.07) is 0.597. The maximum atomic E-state index is 3.47. The topological polar surface area (TPSA) is 18.5 Å². The molecule has 0 atom stereocenters. The highest BCUT2D eigenvalue weighted by Crippen LogP contribution is 2.36. The number of hydrogen-bond donors (Lipinski definition) is 1. The summed E-state index contributed by atoms with van der Waals surface area (Å²) in [5, 5.41) is 3.47. The van der Waals surface area contributed by atoms with Gasteiger partial charge < -0.3 is 15.1 Å². The minimum atomic E-state index is 0.465. The zero-order valence-corrected chi connectivity index (χ0v) is 11.7. The minimum absolute atomic E-state index is 0.465. The molecule has 1 fully saturated rings. The van der Waals surface area contributed by atoms with Crippen LogP contribution in [0.25, 0.3) is 0 Å². The fraction of sp³-hybridized carbons (Fsp3) is 1.00. The second-order valence-corrected chi connectivity index (χ2v) is 5.82. The molecule has 0 radical (unpaired) electrons. The van der Waals surface area contributed by atoms with E-state index in [0.717, 1.165) is 13.1 Å². The molecule has 3 heteroatoms. The quantitative estimate of drug-likeness (QED) is 0.709. The van der Waals surface area contributed by atoms with Gasteiger partial charge in [0.05, 0.1) is 0 Å². The molecule has 0 aromatic rings. The summed E-state index contributed by atoms with van der Waals surface area (Å²) in [6.45, 7) is 7.85. The van der Waals surface area contributed by atoms with Crippen LogP contribution in [0.5, 0.6) is 0 Å². The molecule has 96 valence electrons. The lowest BCUT2D eigenvalue weighted by atomic mass is 9.75. The van der Waals surface area contributed by atoms with Crippen molar-refractivity contribution < 1.29 is 0 Å². The summed E-state index contributed by atoms with van der Waals surface area (Å²) < 4.78 is 0. The van der Waals surface area contributed by atoms with Crippen molar-refractivity contribution in [2.24, 2.45) is 0 Å². The van der Waals surface area contributed by atoms with Crippen molar-refractivity contribution in [3.05, 3.63) is 0 Å². The third-order valence-corrected chi connectivity index (χ3v) is 3.84. The molecule has 1 rings (SSSR count). The Balaban J connectivity index is 2.24. The van der Waals surface area contributed by atoms with E-state index in [0.29, 0.717) is 11.6 Å². The van der Waals surface area contributed by atoms with Crippen LogP contribution in [0, 0.1) is 0 Å². The zero-order valence-electron chi connectivity index (χ0n) is 11.7. The average molecular weight is 227 g/mol. The van der Waals surface area contributed by atoms with E-state index in [9.17, 15) is 0 Å². The second kappa shape index (κ2) is 5.99. The molecule has 3 nitrogen and oxygen atoms in total. The summed E-state index contributed by atoms with van der Waals surface area (Å²) in [7, 11) is 6.68. The van der Waals surface area contributed by atoms with Crippen LogP contribution in [-0.4, -0.2) is 62.2 Å². The van der Waals surface area contributed by atoms with E-state index in [1.54, 1.807) is 0 Å². The van der Waals surface area contributed by atoms with Crippen molar-refractivity contribution in [3.63, 3.8) is 0 Å². The molecule has 0 aromatic carbocycles. The van der Waals surface area contributed by atoms with E-state index >= 15 is 0 Å². The lowest BCUT2D eigenvalue weighted by Crippen LogP contribution is -2.57. The summed E-state index contributed by atoms with van der Waals surface area (Å²) >= 11 is 0. The molecular weight excluding hydrogens is 198 g/mol. The molecule has 0 bridgehead atoms. The fourth-order valence-electron chi connectivity index (χ4n) is 2.46. The molecule has 0 aromatic heterocycles. The Morgan fingerprint density at radius 3 is 2.19 bits per heavy atom. The van der Waals surface area contributed by atoms with Crippen molar-refractivity contribution in [1.82, 2.24) is 15.1 Å². The van der Waals surface area contributed by atoms with Gasteiger partial charge in [0.25, 0.3) is 0 Å². The van der Waals surface area contributed by atoms with E-state index in [2.05, 4.69) is 50.1 Å². The number of rotatable bonds is 7. The number of nitrogens with one attached hydrogen (secondary N) is 1. The van der Waals surface area contributed by atoms with E-state index < -0.39 is 0 Å². The van der Waals surface area contributed by atoms with Gasteiger partial charge in [-0.1, -0.05) is 13.8 Å². The molecule has 0 amide bonds. The van der Waals surface area contributed by atoms with Crippen molar-refractivity contribution in [2.75, 3.05) is 40.8 Å². The Bertz CT molecular complexity index is 197. The van der Waals surface area contributed by atoms with Crippen LogP contribution in [0.4, 0.5) is 0 Å². The highest BCUT2D eigenvalue weighted by Gasteiger charge is 2.39. The molecular formula is C13H29N3. The van der Waals surface area contributed by atoms with E-state index in [1.807, 2.05) is 0 Å². The first-order valence-electron chi connectivity index (χ1n) is 6.56. The van der Waals surface area contributed by atoms with Crippen LogP contribution in [0.2, 0.25) is 0 Å². The average Bonchev–Trinajstić information content (AvgIpc) is 2.10. The summed E-state index contributed by atoms with van der Waals surface area (Å²) in [5.41, 5.74) is 0.465. The summed E-state index contributed by atoms with van der Waals surface area (Å²) in [6.07, 6.45) is 4.13. The first-order chi connectivity index (χ1) is 7.46.